The highest BCUT2D eigenvalue weighted by molar-refractivity contribution is 7.89. The third-order valence-electron chi connectivity index (χ3n) is 5.86. The molecule has 10 heteroatoms. The normalized spacial score (nSPS) is 22.9. The van der Waals surface area contributed by atoms with Gasteiger partial charge in [0.05, 0.1) is 29.6 Å². The van der Waals surface area contributed by atoms with Crippen LogP contribution in [0.1, 0.15) is 35.8 Å². The summed E-state index contributed by atoms with van der Waals surface area (Å²) in [4.78, 5) is 21.1. The summed E-state index contributed by atoms with van der Waals surface area (Å²) in [6.07, 6.45) is 5.09. The maximum Gasteiger partial charge on any atom is 0.245 e. The van der Waals surface area contributed by atoms with Crippen LogP contribution in [0.5, 0.6) is 0 Å². The summed E-state index contributed by atoms with van der Waals surface area (Å²) in [6, 6.07) is 5.82. The predicted octanol–water partition coefficient (Wildman–Crippen LogP) is 0.585. The van der Waals surface area contributed by atoms with Gasteiger partial charge in [-0.15, -0.1) is 0 Å². The van der Waals surface area contributed by atoms with Gasteiger partial charge in [-0.3, -0.25) is 4.79 Å². The summed E-state index contributed by atoms with van der Waals surface area (Å²) in [5.41, 5.74) is 0.449. The van der Waals surface area contributed by atoms with Gasteiger partial charge in [0.2, 0.25) is 10.0 Å². The lowest BCUT2D eigenvalue weighted by Crippen LogP contribution is -2.56. The first-order valence-electron chi connectivity index (χ1n) is 9.77. The molecular weight excluding hydrogens is 391 g/mol. The number of hydrogen-bond donors (Lipinski definition) is 1. The van der Waals surface area contributed by atoms with Crippen molar-refractivity contribution >= 4 is 23.8 Å². The Morgan fingerprint density at radius 1 is 1.31 bits per heavy atom. The minimum atomic E-state index is -3.82. The number of piperidine rings is 1. The molecule has 2 aromatic rings. The summed E-state index contributed by atoms with van der Waals surface area (Å²) in [7, 11) is -1.79. The Kier molecular flexibility index (Phi) is 5.37. The van der Waals surface area contributed by atoms with Crippen molar-refractivity contribution in [1.29, 1.82) is 0 Å². The summed E-state index contributed by atoms with van der Waals surface area (Å²) in [5, 5.41) is 0. The van der Waals surface area contributed by atoms with Crippen LogP contribution in [-0.2, 0) is 21.2 Å². The fourth-order valence-corrected chi connectivity index (χ4v) is 6.13. The minimum Gasteiger partial charge on any atom is -0.358 e. The number of sulfonamides is 1. The molecule has 1 aromatic carbocycles. The van der Waals surface area contributed by atoms with Gasteiger partial charge in [-0.2, -0.15) is 4.31 Å². The molecule has 1 N–H and O–H groups in total. The molecule has 0 bridgehead atoms. The molecule has 1 spiro atoms. The number of H-pyrrole nitrogens is 1. The Hall–Kier alpha value is -2.01. The molecule has 2 aliphatic heterocycles. The molecule has 8 nitrogen and oxygen atoms in total. The van der Waals surface area contributed by atoms with E-state index in [1.54, 1.807) is 29.0 Å². The van der Waals surface area contributed by atoms with Crippen molar-refractivity contribution in [3.8, 4) is 0 Å². The van der Waals surface area contributed by atoms with E-state index in [1.165, 1.54) is 19.1 Å². The van der Waals surface area contributed by atoms with Crippen LogP contribution in [0.4, 0.5) is 0 Å². The molecule has 1 atom stereocenters. The lowest BCUT2D eigenvalue weighted by atomic mass is 9.98. The fraction of sp³-hybridized carbons (Fsp3) is 0.474. The number of nitrogens with zero attached hydrogens (tertiary/aromatic N) is 3. The average molecular weight is 416 g/mol. The second-order valence-corrected chi connectivity index (χ2v) is 9.68. The van der Waals surface area contributed by atoms with E-state index in [-0.39, 0.29) is 16.7 Å². The van der Waals surface area contributed by atoms with Gasteiger partial charge in [0.1, 0.15) is 5.72 Å². The zero-order chi connectivity index (χ0) is 20.6. The Morgan fingerprint density at radius 3 is 2.59 bits per heavy atom. The number of nitrogens with one attached hydrogen (secondary N) is 1. The van der Waals surface area contributed by atoms with E-state index >= 15 is 0 Å². The third-order valence-corrected chi connectivity index (χ3v) is 7.88. The number of carbonyl (C=O) groups excluding carboxylic acids is 1. The van der Waals surface area contributed by atoms with Crippen molar-refractivity contribution in [1.82, 2.24) is 19.1 Å². The smallest absolute Gasteiger partial charge is 0.245 e. The quantitative estimate of drug-likeness (QED) is 0.566. The first-order chi connectivity index (χ1) is 13.8. The molecule has 0 amide bonds. The molecule has 0 saturated carbocycles. The number of hydrogen-bond acceptors (Lipinski definition) is 6. The molecule has 29 heavy (non-hydrogen) atoms. The van der Waals surface area contributed by atoms with Crippen molar-refractivity contribution < 1.29 is 17.9 Å². The summed E-state index contributed by atoms with van der Waals surface area (Å²) in [6.45, 7) is 3.33. The van der Waals surface area contributed by atoms with Gasteiger partial charge in [0.25, 0.3) is 0 Å². The van der Waals surface area contributed by atoms with Crippen LogP contribution in [0, 0.1) is 0 Å². The second kappa shape index (κ2) is 7.68. The van der Waals surface area contributed by atoms with E-state index in [2.05, 4.69) is 14.8 Å². The predicted molar refractivity (Wildman–Crippen MR) is 110 cm³/mol. The van der Waals surface area contributed by atoms with Gasteiger partial charge in [-0.05, 0) is 32.1 Å². The first kappa shape index (κ1) is 20.3. The van der Waals surface area contributed by atoms with Crippen molar-refractivity contribution in [2.45, 2.75) is 42.8 Å². The maximum atomic E-state index is 13.7. The van der Waals surface area contributed by atoms with Crippen molar-refractivity contribution in [2.24, 2.45) is 0 Å². The molecule has 154 valence electrons. The number of rotatable bonds is 5. The summed E-state index contributed by atoms with van der Waals surface area (Å²) >= 11 is 0. The van der Waals surface area contributed by atoms with E-state index in [4.69, 9.17) is 4.74 Å². The molecule has 4 rings (SSSR count). The fourth-order valence-electron chi connectivity index (χ4n) is 4.22. The Balaban J connectivity index is 1.71. The Bertz CT molecular complexity index is 970. The van der Waals surface area contributed by atoms with Crippen molar-refractivity contribution in [3.63, 3.8) is 0 Å². The lowest BCUT2D eigenvalue weighted by molar-refractivity contribution is -0.0817. The van der Waals surface area contributed by atoms with Crippen molar-refractivity contribution in [3.05, 3.63) is 48.0 Å². The minimum absolute atomic E-state index is 0.0957. The van der Waals surface area contributed by atoms with Gasteiger partial charge >= 0.3 is 0 Å². The number of benzene rings is 1. The average Bonchev–Trinajstić information content (AvgIpc) is 3.33. The van der Waals surface area contributed by atoms with Crippen LogP contribution in [0.25, 0.3) is 0 Å². The summed E-state index contributed by atoms with van der Waals surface area (Å²) < 4.78 is 35.2. The van der Waals surface area contributed by atoms with Gasteiger partial charge in [-0.1, -0.05) is 12.1 Å². The largest absolute Gasteiger partial charge is 0.358 e. The van der Waals surface area contributed by atoms with Crippen LogP contribution in [0.3, 0.4) is 0 Å². The number of carbonyl (C=O) groups is 1. The maximum absolute atomic E-state index is 13.7. The highest BCUT2D eigenvalue weighted by atomic mass is 32.2. The topological polar surface area (TPSA) is 95.6 Å². The van der Waals surface area contributed by atoms with Crippen molar-refractivity contribution in [2.75, 3.05) is 19.7 Å². The molecule has 3 heterocycles. The number of ketones is 1. The van der Waals surface area contributed by atoms with E-state index < -0.39 is 15.7 Å². The third kappa shape index (κ3) is 3.77. The van der Waals surface area contributed by atoms with Crippen LogP contribution in [0.15, 0.2) is 41.7 Å². The molecule has 2 fully saturated rings. The van der Waals surface area contributed by atoms with Crippen LogP contribution in [-0.4, -0.2) is 72.7 Å². The number of imidazole rings is 1. The molecule has 2 aliphatic rings. The number of aromatic nitrogens is 2. The zero-order valence-electron chi connectivity index (χ0n) is 16.7. The standard InChI is InChI=1S/C19H25BN4O4S/c1-14(25)15-2-4-18(5-3-15)29(26,27)24-17(10-16-11-21-13-22-16)12-28-19(24)6-8-23(20)9-7-19/h2-5,11,13,17H,6-10,12,20H2,1H3,(H,21,22). The van der Waals surface area contributed by atoms with Crippen LogP contribution < -0.4 is 0 Å². The van der Waals surface area contributed by atoms with Gasteiger partial charge in [-0.25, -0.2) is 13.4 Å². The Morgan fingerprint density at radius 2 is 2.00 bits per heavy atom. The number of ether oxygens (including phenoxy) is 1. The van der Waals surface area contributed by atoms with Gasteiger partial charge < -0.3 is 14.5 Å². The SMILES string of the molecule is BN1CCC2(CC1)OCC(Cc1c[nH]cn1)N2S(=O)(=O)c1ccc(C(C)=O)cc1. The lowest BCUT2D eigenvalue weighted by Gasteiger charge is -2.43. The molecule has 2 saturated heterocycles. The van der Waals surface area contributed by atoms with Crippen LogP contribution >= 0.6 is 0 Å². The van der Waals surface area contributed by atoms with Crippen LogP contribution in [0.2, 0.25) is 0 Å². The number of aromatic amines is 1. The molecule has 0 radical (unpaired) electrons. The Labute approximate surface area is 171 Å². The highest BCUT2D eigenvalue weighted by Crippen LogP contribution is 2.41. The second-order valence-electron chi connectivity index (χ2n) is 7.86. The van der Waals surface area contributed by atoms with E-state index in [1.807, 2.05) is 7.98 Å². The zero-order valence-corrected chi connectivity index (χ0v) is 17.5. The van der Waals surface area contributed by atoms with E-state index in [0.717, 1.165) is 18.8 Å². The monoisotopic (exact) mass is 416 g/mol. The van der Waals surface area contributed by atoms with Gasteiger partial charge in [0, 0.05) is 31.0 Å². The molecule has 0 aliphatic carbocycles. The summed E-state index contributed by atoms with van der Waals surface area (Å²) in [5.74, 6) is -0.0957. The molecule has 1 unspecified atom stereocenters. The number of Topliss-reactive ketones (excluding diaryl/α,β-unsaturated/α-hetero) is 1. The first-order valence-corrected chi connectivity index (χ1v) is 11.2. The molecular formula is C19H25BN4O4S. The molecule has 1 aromatic heterocycles. The van der Waals surface area contributed by atoms with Gasteiger partial charge in [0.15, 0.2) is 13.8 Å². The van der Waals surface area contributed by atoms with E-state index in [9.17, 15) is 13.2 Å². The highest BCUT2D eigenvalue weighted by Gasteiger charge is 2.54. The van der Waals surface area contributed by atoms with E-state index in [0.29, 0.717) is 31.4 Å².